The van der Waals surface area contributed by atoms with Gasteiger partial charge < -0.3 is 10.4 Å². The highest BCUT2D eigenvalue weighted by molar-refractivity contribution is 6.30. The Labute approximate surface area is 106 Å². The van der Waals surface area contributed by atoms with Gasteiger partial charge in [-0.25, -0.2) is 4.79 Å². The summed E-state index contributed by atoms with van der Waals surface area (Å²) < 4.78 is 38.0. The molecule has 98 valence electrons. The molecule has 1 aromatic carbocycles. The van der Waals surface area contributed by atoms with Crippen LogP contribution in [0.15, 0.2) is 30.4 Å². The van der Waals surface area contributed by atoms with Gasteiger partial charge in [0.05, 0.1) is 5.56 Å². The summed E-state index contributed by atoms with van der Waals surface area (Å²) in [5, 5.41) is 10.8. The van der Waals surface area contributed by atoms with Crippen molar-refractivity contribution < 1.29 is 23.1 Å². The molecule has 0 saturated carbocycles. The molecule has 0 heterocycles. The number of anilines is 1. The predicted molar refractivity (Wildman–Crippen MR) is 61.7 cm³/mol. The van der Waals surface area contributed by atoms with Crippen molar-refractivity contribution in [2.45, 2.75) is 6.18 Å². The summed E-state index contributed by atoms with van der Waals surface area (Å²) in [6, 6.07) is 3.32. The predicted octanol–water partition coefficient (Wildman–Crippen LogP) is 3.41. The topological polar surface area (TPSA) is 49.3 Å². The van der Waals surface area contributed by atoms with Gasteiger partial charge in [-0.05, 0) is 18.2 Å². The Morgan fingerprint density at radius 3 is 2.67 bits per heavy atom. The van der Waals surface area contributed by atoms with Gasteiger partial charge in [0, 0.05) is 23.3 Å². The van der Waals surface area contributed by atoms with E-state index >= 15 is 0 Å². The average Bonchev–Trinajstić information content (AvgIpc) is 2.24. The minimum Gasteiger partial charge on any atom is -0.478 e. The molecule has 3 nitrogen and oxygen atoms in total. The molecule has 0 bridgehead atoms. The summed E-state index contributed by atoms with van der Waals surface area (Å²) >= 11 is 5.51. The molecule has 0 fully saturated rings. The standard InChI is InChI=1S/C11H9ClF3NO2/c12-7-3-4-9(8(6-7)11(13,14)15)16-5-1-2-10(17)18/h1-4,6,16H,5H2,(H,17,18)/b2-1+. The van der Waals surface area contributed by atoms with E-state index in [1.165, 1.54) is 18.2 Å². The Morgan fingerprint density at radius 1 is 1.44 bits per heavy atom. The van der Waals surface area contributed by atoms with E-state index in [0.29, 0.717) is 0 Å². The lowest BCUT2D eigenvalue weighted by molar-refractivity contribution is -0.137. The quantitative estimate of drug-likeness (QED) is 0.831. The van der Waals surface area contributed by atoms with Crippen LogP contribution in [-0.4, -0.2) is 17.6 Å². The molecule has 0 spiro atoms. The van der Waals surface area contributed by atoms with Gasteiger partial charge in [-0.15, -0.1) is 0 Å². The molecule has 0 radical (unpaired) electrons. The Morgan fingerprint density at radius 2 is 2.11 bits per heavy atom. The number of hydrogen-bond acceptors (Lipinski definition) is 2. The number of carbonyl (C=O) groups is 1. The first kappa shape index (κ1) is 14.4. The maximum atomic E-state index is 12.7. The molecule has 0 aliphatic rings. The van der Waals surface area contributed by atoms with Crippen LogP contribution >= 0.6 is 11.6 Å². The molecule has 0 atom stereocenters. The maximum absolute atomic E-state index is 12.7. The number of alkyl halides is 3. The first-order valence-corrected chi connectivity index (χ1v) is 5.18. The summed E-state index contributed by atoms with van der Waals surface area (Å²) in [5.41, 5.74) is -1.04. The second-order valence-corrected chi connectivity index (χ2v) is 3.75. The number of benzene rings is 1. The zero-order chi connectivity index (χ0) is 13.8. The second-order valence-electron chi connectivity index (χ2n) is 3.31. The van der Waals surface area contributed by atoms with Crippen molar-refractivity contribution >= 4 is 23.3 Å². The summed E-state index contributed by atoms with van der Waals surface area (Å²) in [6.07, 6.45) is -2.48. The fraction of sp³-hybridized carbons (Fsp3) is 0.182. The van der Waals surface area contributed by atoms with Crippen LogP contribution in [0.4, 0.5) is 18.9 Å². The SMILES string of the molecule is O=C(O)/C=C/CNc1ccc(Cl)cc1C(F)(F)F. The third kappa shape index (κ3) is 4.29. The van der Waals surface area contributed by atoms with Gasteiger partial charge >= 0.3 is 12.1 Å². The van der Waals surface area contributed by atoms with Crippen molar-refractivity contribution in [1.29, 1.82) is 0 Å². The largest absolute Gasteiger partial charge is 0.478 e. The Balaban J connectivity index is 2.85. The third-order valence-electron chi connectivity index (χ3n) is 1.96. The number of rotatable bonds is 4. The van der Waals surface area contributed by atoms with Crippen molar-refractivity contribution in [3.63, 3.8) is 0 Å². The average molecular weight is 280 g/mol. The Kier molecular flexibility index (Phi) is 4.61. The van der Waals surface area contributed by atoms with E-state index < -0.39 is 17.7 Å². The second kappa shape index (κ2) is 5.77. The van der Waals surface area contributed by atoms with Gasteiger partial charge in [-0.1, -0.05) is 17.7 Å². The fourth-order valence-corrected chi connectivity index (χ4v) is 1.41. The van der Waals surface area contributed by atoms with Crippen molar-refractivity contribution in [2.75, 3.05) is 11.9 Å². The van der Waals surface area contributed by atoms with Crippen LogP contribution in [0.1, 0.15) is 5.56 Å². The van der Waals surface area contributed by atoms with E-state index in [9.17, 15) is 18.0 Å². The van der Waals surface area contributed by atoms with Gasteiger partial charge in [-0.3, -0.25) is 0 Å². The molecule has 2 N–H and O–H groups in total. The summed E-state index contributed by atoms with van der Waals surface area (Å²) in [7, 11) is 0. The molecule has 0 saturated heterocycles. The van der Waals surface area contributed by atoms with E-state index in [4.69, 9.17) is 16.7 Å². The minimum absolute atomic E-state index is 0.0195. The number of halogens is 4. The van der Waals surface area contributed by atoms with Crippen molar-refractivity contribution in [3.8, 4) is 0 Å². The fourth-order valence-electron chi connectivity index (χ4n) is 1.23. The lowest BCUT2D eigenvalue weighted by atomic mass is 10.1. The number of carboxylic acids is 1. The monoisotopic (exact) mass is 279 g/mol. The molecule has 18 heavy (non-hydrogen) atoms. The lowest BCUT2D eigenvalue weighted by Crippen LogP contribution is -2.11. The molecule has 0 amide bonds. The summed E-state index contributed by atoms with van der Waals surface area (Å²) in [5.74, 6) is -1.16. The van der Waals surface area contributed by atoms with E-state index in [0.717, 1.165) is 12.1 Å². The zero-order valence-corrected chi connectivity index (χ0v) is 9.72. The van der Waals surface area contributed by atoms with E-state index in [1.54, 1.807) is 0 Å². The van der Waals surface area contributed by atoms with Gasteiger partial charge in [0.25, 0.3) is 0 Å². The smallest absolute Gasteiger partial charge is 0.418 e. The zero-order valence-electron chi connectivity index (χ0n) is 8.96. The molecule has 0 aliphatic heterocycles. The first-order valence-electron chi connectivity index (χ1n) is 4.81. The van der Waals surface area contributed by atoms with Gasteiger partial charge in [0.1, 0.15) is 0 Å². The van der Waals surface area contributed by atoms with Gasteiger partial charge in [-0.2, -0.15) is 13.2 Å². The van der Waals surface area contributed by atoms with Gasteiger partial charge in [0.2, 0.25) is 0 Å². The highest BCUT2D eigenvalue weighted by atomic mass is 35.5. The molecule has 1 aromatic rings. The highest BCUT2D eigenvalue weighted by Gasteiger charge is 2.33. The number of hydrogen-bond donors (Lipinski definition) is 2. The molecule has 1 rings (SSSR count). The molecule has 0 unspecified atom stereocenters. The minimum atomic E-state index is -4.52. The molecular formula is C11H9ClF3NO2. The Hall–Kier alpha value is -1.69. The number of nitrogens with one attached hydrogen (secondary N) is 1. The molecule has 7 heteroatoms. The lowest BCUT2D eigenvalue weighted by Gasteiger charge is -2.13. The molecule has 0 aromatic heterocycles. The van der Waals surface area contributed by atoms with Crippen LogP contribution in [0, 0.1) is 0 Å². The normalized spacial score (nSPS) is 11.8. The van der Waals surface area contributed by atoms with E-state index in [1.807, 2.05) is 0 Å². The van der Waals surface area contributed by atoms with E-state index in [2.05, 4.69) is 5.32 Å². The Bertz CT molecular complexity index is 472. The summed E-state index contributed by atoms with van der Waals surface area (Å²) in [6.45, 7) is -0.0307. The number of aliphatic carboxylic acids is 1. The number of carboxylic acid groups (broad SMARTS) is 1. The van der Waals surface area contributed by atoms with Crippen molar-refractivity contribution in [1.82, 2.24) is 0 Å². The van der Waals surface area contributed by atoms with Crippen LogP contribution < -0.4 is 5.32 Å². The van der Waals surface area contributed by atoms with Crippen LogP contribution in [-0.2, 0) is 11.0 Å². The van der Waals surface area contributed by atoms with Crippen molar-refractivity contribution in [2.24, 2.45) is 0 Å². The molecular weight excluding hydrogens is 271 g/mol. The summed E-state index contributed by atoms with van der Waals surface area (Å²) in [4.78, 5) is 10.2. The molecule has 0 aliphatic carbocycles. The van der Waals surface area contributed by atoms with Gasteiger partial charge in [0.15, 0.2) is 0 Å². The van der Waals surface area contributed by atoms with Crippen LogP contribution in [0.25, 0.3) is 0 Å². The highest BCUT2D eigenvalue weighted by Crippen LogP contribution is 2.36. The van der Waals surface area contributed by atoms with E-state index in [-0.39, 0.29) is 17.3 Å². The van der Waals surface area contributed by atoms with Crippen LogP contribution in [0.5, 0.6) is 0 Å². The van der Waals surface area contributed by atoms with Crippen LogP contribution in [0.2, 0.25) is 5.02 Å². The third-order valence-corrected chi connectivity index (χ3v) is 2.19. The van der Waals surface area contributed by atoms with Crippen molar-refractivity contribution in [3.05, 3.63) is 40.9 Å². The first-order chi connectivity index (χ1) is 8.30. The van der Waals surface area contributed by atoms with Crippen LogP contribution in [0.3, 0.4) is 0 Å². The maximum Gasteiger partial charge on any atom is 0.418 e.